The molecule has 8 heteroatoms. The topological polar surface area (TPSA) is 83.1 Å². The molecule has 176 valence electrons. The molecule has 8 nitrogen and oxygen atoms in total. The van der Waals surface area contributed by atoms with E-state index in [1.165, 1.54) is 0 Å². The lowest BCUT2D eigenvalue weighted by Gasteiger charge is -2.33. The van der Waals surface area contributed by atoms with Gasteiger partial charge in [-0.3, -0.25) is 4.98 Å². The van der Waals surface area contributed by atoms with Gasteiger partial charge in [0.2, 0.25) is 0 Å². The summed E-state index contributed by atoms with van der Waals surface area (Å²) in [6.45, 7) is 4.01. The second-order valence-electron chi connectivity index (χ2n) is 9.32. The van der Waals surface area contributed by atoms with Crippen molar-refractivity contribution in [2.75, 3.05) is 38.1 Å². The molecule has 6 rings (SSSR count). The van der Waals surface area contributed by atoms with Crippen molar-refractivity contribution < 1.29 is 4.74 Å². The third kappa shape index (κ3) is 4.19. The number of piperazine rings is 1. The van der Waals surface area contributed by atoms with Gasteiger partial charge in [-0.2, -0.15) is 10.4 Å². The molecule has 2 aliphatic rings. The first-order chi connectivity index (χ1) is 17.2. The Balaban J connectivity index is 1.29. The number of aryl methyl sites for hydroxylation is 1. The van der Waals surface area contributed by atoms with Gasteiger partial charge in [0.05, 0.1) is 28.7 Å². The van der Waals surface area contributed by atoms with Crippen molar-refractivity contribution in [1.82, 2.24) is 24.6 Å². The molecule has 0 radical (unpaired) electrons. The Morgan fingerprint density at radius 3 is 2.77 bits per heavy atom. The number of hydrogen-bond donors (Lipinski definition) is 0. The zero-order valence-corrected chi connectivity index (χ0v) is 19.8. The molecular formula is C27H27N7O. The second kappa shape index (κ2) is 9.01. The number of nitriles is 1. The number of benzene rings is 1. The number of ether oxygens (including phenoxy) is 1. The van der Waals surface area contributed by atoms with Gasteiger partial charge in [-0.05, 0) is 56.1 Å². The summed E-state index contributed by atoms with van der Waals surface area (Å²) in [7, 11) is 2.16. The van der Waals surface area contributed by atoms with Crippen LogP contribution in [0.4, 0.5) is 5.82 Å². The molecule has 0 bridgehead atoms. The van der Waals surface area contributed by atoms with Crippen LogP contribution in [-0.2, 0) is 6.42 Å². The Morgan fingerprint density at radius 1 is 1.03 bits per heavy atom. The predicted octanol–water partition coefficient (Wildman–Crippen LogP) is 3.90. The number of likely N-dealkylation sites (N-methyl/N-ethyl adjacent to an activating group) is 1. The minimum absolute atomic E-state index is 0.120. The second-order valence-corrected chi connectivity index (χ2v) is 9.32. The van der Waals surface area contributed by atoms with Crippen molar-refractivity contribution in [3.63, 3.8) is 0 Å². The predicted molar refractivity (Wildman–Crippen MR) is 134 cm³/mol. The van der Waals surface area contributed by atoms with Crippen LogP contribution in [0.25, 0.3) is 16.6 Å². The van der Waals surface area contributed by atoms with Crippen molar-refractivity contribution in [3.8, 4) is 17.5 Å². The van der Waals surface area contributed by atoms with Crippen molar-refractivity contribution >= 4 is 16.7 Å². The third-order valence-corrected chi connectivity index (χ3v) is 6.97. The zero-order chi connectivity index (χ0) is 23.8. The van der Waals surface area contributed by atoms with E-state index in [4.69, 9.17) is 4.74 Å². The average Bonchev–Trinajstić information content (AvgIpc) is 3.32. The highest BCUT2D eigenvalue weighted by atomic mass is 16.5. The molecule has 1 fully saturated rings. The number of anilines is 1. The molecule has 4 heterocycles. The van der Waals surface area contributed by atoms with Crippen molar-refractivity contribution in [1.29, 1.82) is 5.26 Å². The van der Waals surface area contributed by atoms with E-state index in [1.807, 2.05) is 41.3 Å². The largest absolute Gasteiger partial charge is 0.484 e. The maximum atomic E-state index is 9.20. The SMILES string of the molecule is CN1CCN(c2cc(-n3ncc4ccc(O[C@H]5CCCc6cc(C#N)cnc65)cc43)ccn2)CC1. The third-order valence-electron chi connectivity index (χ3n) is 6.97. The quantitative estimate of drug-likeness (QED) is 0.452. The highest BCUT2D eigenvalue weighted by Gasteiger charge is 2.24. The van der Waals surface area contributed by atoms with Gasteiger partial charge in [-0.15, -0.1) is 0 Å². The first-order valence-electron chi connectivity index (χ1n) is 12.1. The van der Waals surface area contributed by atoms with E-state index < -0.39 is 0 Å². The summed E-state index contributed by atoms with van der Waals surface area (Å²) in [5.41, 5.74) is 4.62. The van der Waals surface area contributed by atoms with E-state index >= 15 is 0 Å². The van der Waals surface area contributed by atoms with Crippen LogP contribution in [-0.4, -0.2) is 57.9 Å². The zero-order valence-electron chi connectivity index (χ0n) is 19.8. The Kier molecular flexibility index (Phi) is 5.55. The fraction of sp³-hybridized carbons (Fsp3) is 0.333. The number of rotatable bonds is 4. The maximum absolute atomic E-state index is 9.20. The van der Waals surface area contributed by atoms with Crippen molar-refractivity contribution in [2.45, 2.75) is 25.4 Å². The lowest BCUT2D eigenvalue weighted by Crippen LogP contribution is -2.44. The fourth-order valence-electron chi connectivity index (χ4n) is 4.99. The molecule has 0 saturated carbocycles. The molecule has 4 aromatic rings. The minimum Gasteiger partial charge on any atom is -0.484 e. The van der Waals surface area contributed by atoms with Crippen LogP contribution in [0.5, 0.6) is 5.75 Å². The monoisotopic (exact) mass is 465 g/mol. The van der Waals surface area contributed by atoms with E-state index in [0.29, 0.717) is 5.56 Å². The van der Waals surface area contributed by atoms with Crippen LogP contribution < -0.4 is 9.64 Å². The number of nitrogens with zero attached hydrogens (tertiary/aromatic N) is 7. The number of hydrogen-bond acceptors (Lipinski definition) is 7. The molecule has 0 amide bonds. The molecule has 1 saturated heterocycles. The van der Waals surface area contributed by atoms with Gasteiger partial charge in [0.25, 0.3) is 0 Å². The summed E-state index contributed by atoms with van der Waals surface area (Å²) in [6.07, 6.45) is 8.11. The molecular weight excluding hydrogens is 438 g/mol. The van der Waals surface area contributed by atoms with Gasteiger partial charge in [0, 0.05) is 56.1 Å². The van der Waals surface area contributed by atoms with E-state index in [0.717, 1.165) is 84.9 Å². The van der Waals surface area contributed by atoms with Gasteiger partial charge < -0.3 is 14.5 Å². The Morgan fingerprint density at radius 2 is 1.91 bits per heavy atom. The molecule has 0 unspecified atom stereocenters. The summed E-state index contributed by atoms with van der Waals surface area (Å²) in [5.74, 6) is 1.77. The van der Waals surface area contributed by atoms with E-state index in [9.17, 15) is 5.26 Å². The highest BCUT2D eigenvalue weighted by Crippen LogP contribution is 2.34. The highest BCUT2D eigenvalue weighted by molar-refractivity contribution is 5.82. The smallest absolute Gasteiger partial charge is 0.141 e. The van der Waals surface area contributed by atoms with Crippen molar-refractivity contribution in [2.24, 2.45) is 0 Å². The first-order valence-corrected chi connectivity index (χ1v) is 12.1. The van der Waals surface area contributed by atoms with E-state index in [1.54, 1.807) is 6.20 Å². The van der Waals surface area contributed by atoms with E-state index in [-0.39, 0.29) is 6.10 Å². The summed E-state index contributed by atoms with van der Waals surface area (Å²) < 4.78 is 8.39. The lowest BCUT2D eigenvalue weighted by atomic mass is 9.93. The number of fused-ring (bicyclic) bond motifs is 2. The Labute approximate surface area is 204 Å². The average molecular weight is 466 g/mol. The van der Waals surface area contributed by atoms with Gasteiger partial charge in [-0.1, -0.05) is 0 Å². The molecule has 1 atom stereocenters. The van der Waals surface area contributed by atoms with Gasteiger partial charge in [0.1, 0.15) is 23.7 Å². The molecule has 0 spiro atoms. The summed E-state index contributed by atoms with van der Waals surface area (Å²) >= 11 is 0. The van der Waals surface area contributed by atoms with Crippen LogP contribution in [0.3, 0.4) is 0 Å². The van der Waals surface area contributed by atoms with Gasteiger partial charge in [-0.25, -0.2) is 9.67 Å². The van der Waals surface area contributed by atoms with Crippen LogP contribution in [0, 0.1) is 11.3 Å². The Bertz CT molecular complexity index is 1410. The standard InChI is InChI=1S/C27H27N7O/c1-32-9-11-33(12-10-32)26-14-22(7-8-29-26)34-24-15-23(6-5-21(24)18-31-34)35-25-4-2-3-20-13-19(16-28)17-30-27(20)25/h5-8,13-15,17-18,25H,2-4,9-12H2,1H3/t25-/m0/s1. The van der Waals surface area contributed by atoms with Gasteiger partial charge in [0.15, 0.2) is 0 Å². The normalized spacial score (nSPS) is 18.3. The van der Waals surface area contributed by atoms with Crippen molar-refractivity contribution in [3.05, 3.63) is 71.8 Å². The molecule has 1 aliphatic heterocycles. The summed E-state index contributed by atoms with van der Waals surface area (Å²) in [5, 5.41) is 14.9. The van der Waals surface area contributed by atoms with Crippen LogP contribution in [0.1, 0.15) is 35.8 Å². The van der Waals surface area contributed by atoms with Crippen LogP contribution >= 0.6 is 0 Å². The number of pyridine rings is 2. The first kappa shape index (κ1) is 21.6. The van der Waals surface area contributed by atoms with Crippen LogP contribution in [0.2, 0.25) is 0 Å². The van der Waals surface area contributed by atoms with Gasteiger partial charge >= 0.3 is 0 Å². The van der Waals surface area contributed by atoms with E-state index in [2.05, 4.69) is 50.1 Å². The minimum atomic E-state index is -0.120. The fourth-order valence-corrected chi connectivity index (χ4v) is 4.99. The molecule has 3 aromatic heterocycles. The molecule has 1 aromatic carbocycles. The van der Waals surface area contributed by atoms with Crippen LogP contribution in [0.15, 0.2) is 55.0 Å². The molecule has 0 N–H and O–H groups in total. The number of aromatic nitrogens is 4. The summed E-state index contributed by atoms with van der Waals surface area (Å²) in [6, 6.07) is 14.3. The molecule has 1 aliphatic carbocycles. The summed E-state index contributed by atoms with van der Waals surface area (Å²) in [4.78, 5) is 13.9. The maximum Gasteiger partial charge on any atom is 0.141 e. The lowest BCUT2D eigenvalue weighted by molar-refractivity contribution is 0.178. The Hall–Kier alpha value is -3.96. The molecule has 35 heavy (non-hydrogen) atoms.